The number of rotatable bonds is 10. The van der Waals surface area contributed by atoms with Crippen molar-refractivity contribution in [2.24, 2.45) is 11.3 Å². The summed E-state index contributed by atoms with van der Waals surface area (Å²) in [4.78, 5) is 50.0. The van der Waals surface area contributed by atoms with Gasteiger partial charge < -0.3 is 25.4 Å². The molecule has 0 bridgehead atoms. The number of hydrogen-bond donors (Lipinski definition) is 3. The molecule has 1 aromatic carbocycles. The Morgan fingerprint density at radius 2 is 1.88 bits per heavy atom. The quantitative estimate of drug-likeness (QED) is 0.460. The summed E-state index contributed by atoms with van der Waals surface area (Å²) in [7, 11) is 1.24. The average molecular weight is 460 g/mol. The number of ether oxygens (including phenoxy) is 2. The van der Waals surface area contributed by atoms with Crippen LogP contribution in [0.4, 0.5) is 4.79 Å². The molecule has 2 unspecified atom stereocenters. The summed E-state index contributed by atoms with van der Waals surface area (Å²) in [5, 5.41) is 8.14. The third-order valence-corrected chi connectivity index (χ3v) is 6.34. The second-order valence-corrected chi connectivity index (χ2v) is 9.22. The number of carbonyl (C=O) groups excluding carboxylic acids is 4. The number of benzene rings is 1. The molecule has 1 heterocycles. The molecule has 1 saturated carbocycles. The summed E-state index contributed by atoms with van der Waals surface area (Å²) >= 11 is 0. The molecule has 1 saturated heterocycles. The minimum absolute atomic E-state index is 0.0429. The first kappa shape index (κ1) is 24.5. The van der Waals surface area contributed by atoms with Crippen molar-refractivity contribution in [3.63, 3.8) is 0 Å². The molecule has 2 aliphatic rings. The molecule has 33 heavy (non-hydrogen) atoms. The predicted molar refractivity (Wildman–Crippen MR) is 120 cm³/mol. The molecular weight excluding hydrogens is 426 g/mol. The SMILES string of the molecule is COC(=O)[C@H](CC1CCCNC1=O)NC(=O)C(CC1(C)CC1)NC(=O)OCc1ccccc1. The lowest BCUT2D eigenvalue weighted by atomic mass is 9.91. The third kappa shape index (κ3) is 7.47. The van der Waals surface area contributed by atoms with Gasteiger partial charge in [-0.3, -0.25) is 9.59 Å². The Morgan fingerprint density at radius 3 is 2.52 bits per heavy atom. The summed E-state index contributed by atoms with van der Waals surface area (Å²) in [5.74, 6) is -1.63. The van der Waals surface area contributed by atoms with E-state index in [1.807, 2.05) is 30.3 Å². The second kappa shape index (κ2) is 11.2. The van der Waals surface area contributed by atoms with Crippen LogP contribution in [0.3, 0.4) is 0 Å². The number of carbonyl (C=O) groups is 4. The lowest BCUT2D eigenvalue weighted by Gasteiger charge is -2.27. The number of alkyl carbamates (subject to hydrolysis) is 1. The van der Waals surface area contributed by atoms with E-state index in [2.05, 4.69) is 22.9 Å². The van der Waals surface area contributed by atoms with Crippen LogP contribution in [0.2, 0.25) is 0 Å². The van der Waals surface area contributed by atoms with Gasteiger partial charge in [0, 0.05) is 12.5 Å². The highest BCUT2D eigenvalue weighted by Gasteiger charge is 2.42. The monoisotopic (exact) mass is 459 g/mol. The number of piperidine rings is 1. The van der Waals surface area contributed by atoms with Crippen molar-refractivity contribution in [2.75, 3.05) is 13.7 Å². The highest BCUT2D eigenvalue weighted by molar-refractivity contribution is 5.90. The fourth-order valence-electron chi connectivity index (χ4n) is 4.00. The van der Waals surface area contributed by atoms with E-state index in [1.54, 1.807) is 0 Å². The van der Waals surface area contributed by atoms with Crippen molar-refractivity contribution in [1.82, 2.24) is 16.0 Å². The standard InChI is InChI=1S/C24H33N3O6/c1-24(10-11-24)14-19(27-23(31)33-15-16-7-4-3-5-8-16)21(29)26-18(22(30)32-2)13-17-9-6-12-25-20(17)28/h3-5,7-8,17-19H,6,9-15H2,1-2H3,(H,25,28)(H,26,29)(H,27,31)/t17?,18-,19?/m0/s1. The van der Waals surface area contributed by atoms with Gasteiger partial charge in [-0.1, -0.05) is 37.3 Å². The van der Waals surface area contributed by atoms with Crippen molar-refractivity contribution in [1.29, 1.82) is 0 Å². The lowest BCUT2D eigenvalue weighted by molar-refractivity contribution is -0.146. The molecule has 0 spiro atoms. The van der Waals surface area contributed by atoms with Gasteiger partial charge in [0.05, 0.1) is 7.11 Å². The Bertz CT molecular complexity index is 855. The molecule has 3 atom stereocenters. The molecule has 0 radical (unpaired) electrons. The zero-order valence-electron chi connectivity index (χ0n) is 19.2. The van der Waals surface area contributed by atoms with E-state index in [0.29, 0.717) is 19.4 Å². The highest BCUT2D eigenvalue weighted by atomic mass is 16.5. The van der Waals surface area contributed by atoms with Gasteiger partial charge in [-0.05, 0) is 49.5 Å². The van der Waals surface area contributed by atoms with Gasteiger partial charge in [0.1, 0.15) is 18.7 Å². The van der Waals surface area contributed by atoms with Crippen LogP contribution in [-0.2, 0) is 30.5 Å². The first-order chi connectivity index (χ1) is 15.8. The molecular formula is C24H33N3O6. The molecule has 1 aliphatic heterocycles. The molecule has 0 aromatic heterocycles. The Labute approximate surface area is 194 Å². The van der Waals surface area contributed by atoms with Crippen molar-refractivity contribution < 1.29 is 28.7 Å². The first-order valence-corrected chi connectivity index (χ1v) is 11.4. The van der Waals surface area contributed by atoms with Gasteiger partial charge in [-0.25, -0.2) is 9.59 Å². The fraction of sp³-hybridized carbons (Fsp3) is 0.583. The van der Waals surface area contributed by atoms with Crippen molar-refractivity contribution >= 4 is 23.9 Å². The van der Waals surface area contributed by atoms with E-state index in [0.717, 1.165) is 24.8 Å². The molecule has 3 N–H and O–H groups in total. The third-order valence-electron chi connectivity index (χ3n) is 6.34. The van der Waals surface area contributed by atoms with Gasteiger partial charge in [-0.2, -0.15) is 0 Å². The van der Waals surface area contributed by atoms with Crippen molar-refractivity contribution in [3.05, 3.63) is 35.9 Å². The molecule has 3 rings (SSSR count). The lowest BCUT2D eigenvalue weighted by Crippen LogP contribution is -2.53. The smallest absolute Gasteiger partial charge is 0.408 e. The van der Waals surface area contributed by atoms with Crippen LogP contribution in [-0.4, -0.2) is 49.6 Å². The van der Waals surface area contributed by atoms with E-state index >= 15 is 0 Å². The molecule has 2 fully saturated rings. The molecule has 3 amide bonds. The molecule has 1 aromatic rings. The molecule has 1 aliphatic carbocycles. The van der Waals surface area contributed by atoms with Gasteiger partial charge in [-0.15, -0.1) is 0 Å². The Morgan fingerprint density at radius 1 is 1.15 bits per heavy atom. The van der Waals surface area contributed by atoms with Crippen LogP contribution in [0.5, 0.6) is 0 Å². The maximum Gasteiger partial charge on any atom is 0.408 e. The number of nitrogens with one attached hydrogen (secondary N) is 3. The fourth-order valence-corrected chi connectivity index (χ4v) is 4.00. The van der Waals surface area contributed by atoms with E-state index < -0.39 is 30.1 Å². The Kier molecular flexibility index (Phi) is 8.30. The molecule has 180 valence electrons. The maximum atomic E-state index is 13.1. The largest absolute Gasteiger partial charge is 0.467 e. The zero-order chi connectivity index (χ0) is 23.8. The van der Waals surface area contributed by atoms with Gasteiger partial charge in [0.15, 0.2) is 0 Å². The summed E-state index contributed by atoms with van der Waals surface area (Å²) in [6.07, 6.45) is 3.24. The van der Waals surface area contributed by atoms with Crippen LogP contribution < -0.4 is 16.0 Å². The summed E-state index contributed by atoms with van der Waals surface area (Å²) in [5.41, 5.74) is 0.790. The molecule has 9 heteroatoms. The number of hydrogen-bond acceptors (Lipinski definition) is 6. The Hall–Kier alpha value is -3.10. The van der Waals surface area contributed by atoms with E-state index in [-0.39, 0.29) is 30.3 Å². The van der Waals surface area contributed by atoms with Crippen LogP contribution in [0.15, 0.2) is 30.3 Å². The van der Waals surface area contributed by atoms with Crippen LogP contribution in [0.25, 0.3) is 0 Å². The van der Waals surface area contributed by atoms with E-state index in [1.165, 1.54) is 7.11 Å². The number of methoxy groups -OCH3 is 1. The maximum absolute atomic E-state index is 13.1. The average Bonchev–Trinajstić information content (AvgIpc) is 3.54. The summed E-state index contributed by atoms with van der Waals surface area (Å²) < 4.78 is 10.1. The van der Waals surface area contributed by atoms with E-state index in [9.17, 15) is 19.2 Å². The Balaban J connectivity index is 1.62. The highest BCUT2D eigenvalue weighted by Crippen LogP contribution is 2.48. The number of esters is 1. The zero-order valence-corrected chi connectivity index (χ0v) is 19.2. The summed E-state index contributed by atoms with van der Waals surface area (Å²) in [6.45, 7) is 2.74. The van der Waals surface area contributed by atoms with Gasteiger partial charge >= 0.3 is 12.1 Å². The predicted octanol–water partition coefficient (Wildman–Crippen LogP) is 2.05. The van der Waals surface area contributed by atoms with Gasteiger partial charge in [0.25, 0.3) is 0 Å². The minimum atomic E-state index is -0.979. The summed E-state index contributed by atoms with van der Waals surface area (Å²) in [6, 6.07) is 7.40. The van der Waals surface area contributed by atoms with Gasteiger partial charge in [0.2, 0.25) is 11.8 Å². The second-order valence-electron chi connectivity index (χ2n) is 9.22. The van der Waals surface area contributed by atoms with Crippen LogP contribution in [0, 0.1) is 11.3 Å². The van der Waals surface area contributed by atoms with Crippen molar-refractivity contribution in [3.8, 4) is 0 Å². The van der Waals surface area contributed by atoms with E-state index in [4.69, 9.17) is 9.47 Å². The minimum Gasteiger partial charge on any atom is -0.467 e. The molecule has 9 nitrogen and oxygen atoms in total. The topological polar surface area (TPSA) is 123 Å². The number of amides is 3. The first-order valence-electron chi connectivity index (χ1n) is 11.4. The van der Waals surface area contributed by atoms with Crippen LogP contribution >= 0.6 is 0 Å². The normalized spacial score (nSPS) is 20.5. The van der Waals surface area contributed by atoms with Crippen molar-refractivity contribution in [2.45, 2.75) is 64.1 Å². The van der Waals surface area contributed by atoms with Crippen LogP contribution in [0.1, 0.15) is 51.0 Å².